The van der Waals surface area contributed by atoms with Crippen LogP contribution in [0.25, 0.3) is 11.1 Å². The second-order valence-electron chi connectivity index (χ2n) is 5.77. The third-order valence-corrected chi connectivity index (χ3v) is 4.01. The van der Waals surface area contributed by atoms with Crippen molar-refractivity contribution in [3.05, 3.63) is 84.0 Å². The Labute approximate surface area is 148 Å². The molecule has 2 aromatic carbocycles. The van der Waals surface area contributed by atoms with Gasteiger partial charge in [0.05, 0.1) is 6.54 Å². The van der Waals surface area contributed by atoms with Crippen molar-refractivity contribution < 1.29 is 0 Å². The fourth-order valence-corrected chi connectivity index (χ4v) is 2.68. The highest BCUT2D eigenvalue weighted by Crippen LogP contribution is 2.19. The molecular weight excluding hydrogens is 306 g/mol. The molecule has 0 radical (unpaired) electrons. The molecule has 0 unspecified atom stereocenters. The van der Waals surface area contributed by atoms with E-state index < -0.39 is 0 Å². The summed E-state index contributed by atoms with van der Waals surface area (Å²) in [7, 11) is 0. The molecule has 0 bridgehead atoms. The van der Waals surface area contributed by atoms with E-state index in [1.807, 2.05) is 30.3 Å². The van der Waals surface area contributed by atoms with Crippen LogP contribution in [0.5, 0.6) is 0 Å². The van der Waals surface area contributed by atoms with E-state index in [4.69, 9.17) is 0 Å². The van der Waals surface area contributed by atoms with Gasteiger partial charge in [-0.3, -0.25) is 4.99 Å². The normalized spacial score (nSPS) is 14.6. The van der Waals surface area contributed by atoms with Gasteiger partial charge in [0.15, 0.2) is 5.84 Å². The van der Waals surface area contributed by atoms with Crippen molar-refractivity contribution in [2.45, 2.75) is 12.8 Å². The molecule has 124 valence electrons. The summed E-state index contributed by atoms with van der Waals surface area (Å²) >= 11 is 0. The van der Waals surface area contributed by atoms with Crippen LogP contribution in [0.15, 0.2) is 93.4 Å². The molecule has 0 N–H and O–H groups in total. The van der Waals surface area contributed by atoms with Crippen LogP contribution in [0.2, 0.25) is 0 Å². The van der Waals surface area contributed by atoms with E-state index in [-0.39, 0.29) is 0 Å². The molecular formula is C22H21N3. The van der Waals surface area contributed by atoms with Crippen LogP contribution in [0.3, 0.4) is 0 Å². The van der Waals surface area contributed by atoms with Crippen molar-refractivity contribution in [1.82, 2.24) is 0 Å². The third kappa shape index (κ3) is 4.70. The van der Waals surface area contributed by atoms with Crippen LogP contribution >= 0.6 is 0 Å². The molecule has 0 saturated carbocycles. The molecule has 2 aromatic rings. The van der Waals surface area contributed by atoms with Crippen molar-refractivity contribution in [2.75, 3.05) is 6.54 Å². The van der Waals surface area contributed by atoms with Crippen LogP contribution in [0, 0.1) is 0 Å². The van der Waals surface area contributed by atoms with Gasteiger partial charge in [0.25, 0.3) is 0 Å². The van der Waals surface area contributed by atoms with Gasteiger partial charge in [-0.1, -0.05) is 72.8 Å². The number of nitrogens with zero attached hydrogens (tertiary/aromatic N) is 3. The van der Waals surface area contributed by atoms with Crippen molar-refractivity contribution >= 4 is 18.9 Å². The maximum Gasteiger partial charge on any atom is 0.160 e. The van der Waals surface area contributed by atoms with Gasteiger partial charge in [-0.25, -0.2) is 9.98 Å². The Kier molecular flexibility index (Phi) is 5.83. The molecule has 0 aliphatic heterocycles. The zero-order valence-electron chi connectivity index (χ0n) is 14.2. The Morgan fingerprint density at radius 3 is 2.40 bits per heavy atom. The van der Waals surface area contributed by atoms with Crippen LogP contribution in [0.4, 0.5) is 0 Å². The summed E-state index contributed by atoms with van der Waals surface area (Å²) in [5.74, 6) is 0.580. The van der Waals surface area contributed by atoms with E-state index in [0.29, 0.717) is 12.4 Å². The fraction of sp³-hybridized carbons (Fsp3) is 0.136. The third-order valence-electron chi connectivity index (χ3n) is 4.01. The first-order chi connectivity index (χ1) is 12.4. The fourth-order valence-electron chi connectivity index (χ4n) is 2.68. The van der Waals surface area contributed by atoms with Crippen molar-refractivity contribution in [3.63, 3.8) is 0 Å². The second kappa shape index (κ2) is 8.69. The van der Waals surface area contributed by atoms with Gasteiger partial charge in [0.1, 0.15) is 6.34 Å². The summed E-state index contributed by atoms with van der Waals surface area (Å²) in [6.07, 6.45) is 10.3. The Morgan fingerprint density at radius 1 is 0.960 bits per heavy atom. The summed E-state index contributed by atoms with van der Waals surface area (Å²) < 4.78 is 0. The van der Waals surface area contributed by atoms with Gasteiger partial charge in [-0.2, -0.15) is 0 Å². The summed E-state index contributed by atoms with van der Waals surface area (Å²) in [6, 6.07) is 18.4. The van der Waals surface area contributed by atoms with E-state index in [9.17, 15) is 0 Å². The van der Waals surface area contributed by atoms with Gasteiger partial charge < -0.3 is 0 Å². The van der Waals surface area contributed by atoms with Gasteiger partial charge in [-0.05, 0) is 36.3 Å². The standard InChI is InChI=1S/C22H21N3/c1-23-22(25-17-24-16-18-8-4-2-5-9-18)21-14-12-20(13-15-21)19-10-6-3-7-11-19/h3-4,6-15,17H,1-2,5,16H2. The first kappa shape index (κ1) is 16.8. The topological polar surface area (TPSA) is 37.1 Å². The summed E-state index contributed by atoms with van der Waals surface area (Å²) in [6.45, 7) is 4.27. The lowest BCUT2D eigenvalue weighted by Crippen LogP contribution is -1.97. The highest BCUT2D eigenvalue weighted by Gasteiger charge is 2.02. The zero-order valence-corrected chi connectivity index (χ0v) is 14.2. The van der Waals surface area contributed by atoms with Crippen LogP contribution in [0.1, 0.15) is 18.4 Å². The Morgan fingerprint density at radius 2 is 1.72 bits per heavy atom. The summed E-state index contributed by atoms with van der Waals surface area (Å²) in [5, 5.41) is 0. The molecule has 1 aliphatic rings. The van der Waals surface area contributed by atoms with Gasteiger partial charge >= 0.3 is 0 Å². The summed E-state index contributed by atoms with van der Waals surface area (Å²) in [5.41, 5.74) is 4.52. The number of hydrogen-bond donors (Lipinski definition) is 0. The molecule has 3 rings (SSSR count). The lowest BCUT2D eigenvalue weighted by atomic mass is 10.0. The SMILES string of the molecule is C=NC(=NC=NCC1=CCCC=C1)c1ccc(-c2ccccc2)cc1. The van der Waals surface area contributed by atoms with Crippen molar-refractivity contribution in [3.8, 4) is 11.1 Å². The highest BCUT2D eigenvalue weighted by molar-refractivity contribution is 6.04. The molecule has 0 fully saturated rings. The monoisotopic (exact) mass is 327 g/mol. The molecule has 0 heterocycles. The minimum atomic E-state index is 0.580. The Bertz CT molecular complexity index is 825. The van der Waals surface area contributed by atoms with Crippen LogP contribution in [-0.2, 0) is 0 Å². The van der Waals surface area contributed by atoms with Crippen molar-refractivity contribution in [2.24, 2.45) is 15.0 Å². The van der Waals surface area contributed by atoms with Crippen LogP contribution < -0.4 is 0 Å². The van der Waals surface area contributed by atoms with Gasteiger partial charge in [0, 0.05) is 5.56 Å². The van der Waals surface area contributed by atoms with Gasteiger partial charge in [0.2, 0.25) is 0 Å². The predicted molar refractivity (Wildman–Crippen MR) is 108 cm³/mol. The molecule has 1 aliphatic carbocycles. The largest absolute Gasteiger partial charge is 0.269 e. The number of aliphatic imine (C=N–C) groups is 3. The number of hydrogen-bond acceptors (Lipinski definition) is 1. The van der Waals surface area contributed by atoms with E-state index in [1.54, 1.807) is 6.34 Å². The van der Waals surface area contributed by atoms with Crippen LogP contribution in [-0.4, -0.2) is 25.4 Å². The lowest BCUT2D eigenvalue weighted by Gasteiger charge is -2.04. The molecule has 25 heavy (non-hydrogen) atoms. The average Bonchev–Trinajstić information content (AvgIpc) is 2.70. The molecule has 3 heteroatoms. The minimum absolute atomic E-state index is 0.580. The van der Waals surface area contributed by atoms with E-state index in [0.717, 1.165) is 24.0 Å². The molecule has 0 aromatic heterocycles. The van der Waals surface area contributed by atoms with E-state index in [2.05, 4.69) is 64.2 Å². The average molecular weight is 327 g/mol. The quantitative estimate of drug-likeness (QED) is 0.541. The predicted octanol–water partition coefficient (Wildman–Crippen LogP) is 5.11. The number of rotatable bonds is 5. The second-order valence-corrected chi connectivity index (χ2v) is 5.77. The smallest absolute Gasteiger partial charge is 0.160 e. The van der Waals surface area contributed by atoms with Crippen molar-refractivity contribution in [1.29, 1.82) is 0 Å². The molecule has 0 amide bonds. The Balaban J connectivity index is 1.69. The first-order valence-corrected chi connectivity index (χ1v) is 8.41. The number of amidine groups is 1. The number of benzene rings is 2. The van der Waals surface area contributed by atoms with E-state index in [1.165, 1.54) is 11.1 Å². The molecule has 3 nitrogen and oxygen atoms in total. The Hall–Kier alpha value is -3.07. The van der Waals surface area contributed by atoms with E-state index >= 15 is 0 Å². The number of allylic oxidation sites excluding steroid dienone is 2. The highest BCUT2D eigenvalue weighted by atomic mass is 14.9. The molecule has 0 atom stereocenters. The lowest BCUT2D eigenvalue weighted by molar-refractivity contribution is 0.996. The maximum atomic E-state index is 4.35. The molecule has 0 saturated heterocycles. The summed E-state index contributed by atoms with van der Waals surface area (Å²) in [4.78, 5) is 12.7. The first-order valence-electron chi connectivity index (χ1n) is 8.41. The van der Waals surface area contributed by atoms with Gasteiger partial charge in [-0.15, -0.1) is 0 Å². The maximum absolute atomic E-state index is 4.35. The molecule has 0 spiro atoms. The zero-order chi connectivity index (χ0) is 17.3. The minimum Gasteiger partial charge on any atom is -0.269 e.